The van der Waals surface area contributed by atoms with E-state index in [-0.39, 0.29) is 0 Å². The topological polar surface area (TPSA) is 51.8 Å². The van der Waals surface area contributed by atoms with E-state index < -0.39 is 0 Å². The van der Waals surface area contributed by atoms with Crippen molar-refractivity contribution in [3.8, 4) is 78.7 Å². The van der Waals surface area contributed by atoms with Crippen LogP contribution >= 0.6 is 0 Å². The molecule has 0 saturated heterocycles. The summed E-state index contributed by atoms with van der Waals surface area (Å²) in [6.45, 7) is 0. The molecular weight excluding hydrogens is 671 g/mol. The molecule has 0 atom stereocenters. The van der Waals surface area contributed by atoms with Gasteiger partial charge in [0.1, 0.15) is 11.2 Å². The number of hydrogen-bond acceptors (Lipinski definition) is 4. The molecule has 0 N–H and O–H groups in total. The van der Waals surface area contributed by atoms with Crippen molar-refractivity contribution < 1.29 is 4.42 Å². The van der Waals surface area contributed by atoms with Gasteiger partial charge in [-0.3, -0.25) is 0 Å². The summed E-state index contributed by atoms with van der Waals surface area (Å²) in [6, 6.07) is 69.5. The van der Waals surface area contributed by atoms with Crippen molar-refractivity contribution in [1.82, 2.24) is 15.0 Å². The van der Waals surface area contributed by atoms with Crippen molar-refractivity contribution in [3.05, 3.63) is 200 Å². The van der Waals surface area contributed by atoms with Crippen LogP contribution in [0.2, 0.25) is 0 Å². The summed E-state index contributed by atoms with van der Waals surface area (Å²) >= 11 is 0. The van der Waals surface area contributed by atoms with E-state index in [9.17, 15) is 0 Å². The molecule has 0 amide bonds. The van der Waals surface area contributed by atoms with Gasteiger partial charge < -0.3 is 4.42 Å². The Morgan fingerprint density at radius 2 is 0.709 bits per heavy atom. The molecule has 10 rings (SSSR count). The maximum absolute atomic E-state index is 6.49. The summed E-state index contributed by atoms with van der Waals surface area (Å²) in [5, 5.41) is 1.98. The molecule has 4 nitrogen and oxygen atoms in total. The summed E-state index contributed by atoms with van der Waals surface area (Å²) < 4.78 is 6.49. The highest BCUT2D eigenvalue weighted by atomic mass is 16.3. The first-order valence-corrected chi connectivity index (χ1v) is 18.4. The number of benzene rings is 8. The van der Waals surface area contributed by atoms with Crippen molar-refractivity contribution in [1.29, 1.82) is 0 Å². The SMILES string of the molecule is c1ccc(-c2cccc(-c3cccc(-c4ccccc4-c4ccc5oc6cccc(-c7nc(-c8ccccc8)nc(-c8ccccc8)n7)c6c5c4)c3)c2)cc1. The van der Waals surface area contributed by atoms with Crippen molar-refractivity contribution in [3.63, 3.8) is 0 Å². The van der Waals surface area contributed by atoms with E-state index in [1.807, 2.05) is 72.8 Å². The Morgan fingerprint density at radius 1 is 0.273 bits per heavy atom. The molecule has 0 fully saturated rings. The van der Waals surface area contributed by atoms with Gasteiger partial charge in [-0.1, -0.05) is 170 Å². The Kier molecular flexibility index (Phi) is 8.12. The molecule has 10 aromatic rings. The van der Waals surface area contributed by atoms with E-state index in [1.54, 1.807) is 0 Å². The maximum Gasteiger partial charge on any atom is 0.164 e. The van der Waals surface area contributed by atoms with Crippen LogP contribution in [0.4, 0.5) is 0 Å². The van der Waals surface area contributed by atoms with Gasteiger partial charge in [0.05, 0.1) is 0 Å². The zero-order valence-electron chi connectivity index (χ0n) is 29.8. The van der Waals surface area contributed by atoms with E-state index >= 15 is 0 Å². The second-order valence-corrected chi connectivity index (χ2v) is 13.6. The number of rotatable bonds is 7. The third-order valence-electron chi connectivity index (χ3n) is 10.2. The molecule has 0 unspecified atom stereocenters. The largest absolute Gasteiger partial charge is 0.456 e. The van der Waals surface area contributed by atoms with Crippen LogP contribution in [-0.2, 0) is 0 Å². The lowest BCUT2D eigenvalue weighted by molar-refractivity contribution is 0.669. The van der Waals surface area contributed by atoms with E-state index in [0.717, 1.165) is 60.9 Å². The van der Waals surface area contributed by atoms with Gasteiger partial charge >= 0.3 is 0 Å². The van der Waals surface area contributed by atoms with Crippen LogP contribution in [0, 0.1) is 0 Å². The third kappa shape index (κ3) is 6.16. The highest BCUT2D eigenvalue weighted by Crippen LogP contribution is 2.41. The summed E-state index contributed by atoms with van der Waals surface area (Å²) in [5.41, 5.74) is 13.7. The molecular formula is C51H33N3O. The molecule has 2 aromatic heterocycles. The minimum absolute atomic E-state index is 0.597. The second kappa shape index (κ2) is 13.8. The first-order chi connectivity index (χ1) is 27.2. The van der Waals surface area contributed by atoms with Crippen LogP contribution in [-0.4, -0.2) is 15.0 Å². The van der Waals surface area contributed by atoms with Crippen molar-refractivity contribution in [2.45, 2.75) is 0 Å². The van der Waals surface area contributed by atoms with Crippen LogP contribution in [0.25, 0.3) is 101 Å². The van der Waals surface area contributed by atoms with E-state index in [1.165, 1.54) is 22.3 Å². The Bertz CT molecular complexity index is 2910. The minimum Gasteiger partial charge on any atom is -0.456 e. The Labute approximate surface area is 319 Å². The third-order valence-corrected chi connectivity index (χ3v) is 10.2. The summed E-state index contributed by atoms with van der Waals surface area (Å²) in [7, 11) is 0. The van der Waals surface area contributed by atoms with Gasteiger partial charge in [-0.25, -0.2) is 15.0 Å². The Balaban J connectivity index is 1.09. The monoisotopic (exact) mass is 703 g/mol. The molecule has 2 heterocycles. The van der Waals surface area contributed by atoms with Gasteiger partial charge in [-0.05, 0) is 74.8 Å². The highest BCUT2D eigenvalue weighted by Gasteiger charge is 2.19. The van der Waals surface area contributed by atoms with Gasteiger partial charge in [-0.2, -0.15) is 0 Å². The Hall–Kier alpha value is -7.43. The quantitative estimate of drug-likeness (QED) is 0.166. The van der Waals surface area contributed by atoms with E-state index in [0.29, 0.717) is 17.5 Å². The molecule has 258 valence electrons. The average molecular weight is 704 g/mol. The standard InChI is InChI=1S/C51H33N3O/c1-4-15-34(16-5-1)37-21-12-22-38(31-37)39-23-13-24-40(32-39)42-25-10-11-26-43(42)41-29-30-46-45(33-41)48-44(27-14-28-47(48)55-46)51-53-49(35-17-6-2-7-18-35)52-50(54-51)36-19-8-3-9-20-36/h1-33H. The molecule has 4 heteroatoms. The summed E-state index contributed by atoms with van der Waals surface area (Å²) in [4.78, 5) is 15.0. The predicted octanol–water partition coefficient (Wildman–Crippen LogP) is 13.4. The van der Waals surface area contributed by atoms with Gasteiger partial charge in [0.25, 0.3) is 0 Å². The highest BCUT2D eigenvalue weighted by molar-refractivity contribution is 6.13. The fourth-order valence-electron chi connectivity index (χ4n) is 7.47. The fraction of sp³-hybridized carbons (Fsp3) is 0. The Morgan fingerprint density at radius 3 is 1.33 bits per heavy atom. The molecule has 0 radical (unpaired) electrons. The van der Waals surface area contributed by atoms with Crippen LogP contribution in [0.1, 0.15) is 0 Å². The molecule has 0 aliphatic heterocycles. The van der Waals surface area contributed by atoms with Crippen LogP contribution in [0.15, 0.2) is 205 Å². The van der Waals surface area contributed by atoms with Gasteiger partial charge in [0.2, 0.25) is 0 Å². The van der Waals surface area contributed by atoms with Crippen molar-refractivity contribution in [2.24, 2.45) is 0 Å². The molecule has 0 aliphatic rings. The number of nitrogens with zero attached hydrogens (tertiary/aromatic N) is 3. The van der Waals surface area contributed by atoms with Crippen LogP contribution < -0.4 is 0 Å². The molecule has 0 bridgehead atoms. The minimum atomic E-state index is 0.597. The number of aromatic nitrogens is 3. The van der Waals surface area contributed by atoms with Crippen molar-refractivity contribution >= 4 is 21.9 Å². The predicted molar refractivity (Wildman–Crippen MR) is 225 cm³/mol. The summed E-state index contributed by atoms with van der Waals surface area (Å²) in [5.74, 6) is 1.84. The van der Waals surface area contributed by atoms with Gasteiger partial charge in [0, 0.05) is 27.5 Å². The number of hydrogen-bond donors (Lipinski definition) is 0. The lowest BCUT2D eigenvalue weighted by Gasteiger charge is -2.13. The second-order valence-electron chi connectivity index (χ2n) is 13.6. The van der Waals surface area contributed by atoms with Crippen molar-refractivity contribution in [2.75, 3.05) is 0 Å². The zero-order valence-corrected chi connectivity index (χ0v) is 29.8. The average Bonchev–Trinajstić information content (AvgIpc) is 3.65. The van der Waals surface area contributed by atoms with Crippen LogP contribution in [0.3, 0.4) is 0 Å². The first kappa shape index (κ1) is 32.2. The lowest BCUT2D eigenvalue weighted by Crippen LogP contribution is -2.00. The molecule has 0 saturated carbocycles. The number of furan rings is 1. The molecule has 55 heavy (non-hydrogen) atoms. The van der Waals surface area contributed by atoms with E-state index in [2.05, 4.69) is 127 Å². The zero-order chi connectivity index (χ0) is 36.6. The summed E-state index contributed by atoms with van der Waals surface area (Å²) in [6.07, 6.45) is 0. The smallest absolute Gasteiger partial charge is 0.164 e. The first-order valence-electron chi connectivity index (χ1n) is 18.4. The lowest BCUT2D eigenvalue weighted by atomic mass is 9.91. The number of fused-ring (bicyclic) bond motifs is 3. The molecule has 8 aromatic carbocycles. The normalized spacial score (nSPS) is 11.3. The van der Waals surface area contributed by atoms with Gasteiger partial charge in [-0.15, -0.1) is 0 Å². The van der Waals surface area contributed by atoms with E-state index in [4.69, 9.17) is 19.4 Å². The van der Waals surface area contributed by atoms with Gasteiger partial charge in [0.15, 0.2) is 17.5 Å². The maximum atomic E-state index is 6.49. The fourth-order valence-corrected chi connectivity index (χ4v) is 7.47. The molecule has 0 aliphatic carbocycles. The van der Waals surface area contributed by atoms with Crippen LogP contribution in [0.5, 0.6) is 0 Å². The molecule has 0 spiro atoms.